The van der Waals surface area contributed by atoms with Crippen molar-refractivity contribution in [3.63, 3.8) is 0 Å². The summed E-state index contributed by atoms with van der Waals surface area (Å²) in [5.74, 6) is 0.170. The summed E-state index contributed by atoms with van der Waals surface area (Å²) in [6.45, 7) is 1.23. The number of nitrogens with zero attached hydrogens (tertiary/aromatic N) is 1. The first-order chi connectivity index (χ1) is 6.65. The Morgan fingerprint density at radius 2 is 2.21 bits per heavy atom. The van der Waals surface area contributed by atoms with E-state index in [4.69, 9.17) is 5.73 Å². The van der Waals surface area contributed by atoms with Gasteiger partial charge in [0.25, 0.3) is 0 Å². The highest BCUT2D eigenvalue weighted by Crippen LogP contribution is 2.16. The van der Waals surface area contributed by atoms with Gasteiger partial charge in [-0.15, -0.1) is 0 Å². The van der Waals surface area contributed by atoms with E-state index < -0.39 is 0 Å². The number of thiol groups is 1. The average molecular weight is 216 g/mol. The highest BCUT2D eigenvalue weighted by atomic mass is 32.1. The first kappa shape index (κ1) is 11.4. The van der Waals surface area contributed by atoms with Crippen LogP contribution in [0.25, 0.3) is 0 Å². The van der Waals surface area contributed by atoms with Crippen LogP contribution in [0.5, 0.6) is 0 Å². The maximum absolute atomic E-state index is 11.5. The maximum atomic E-state index is 11.5. The van der Waals surface area contributed by atoms with Crippen molar-refractivity contribution in [2.45, 2.75) is 19.3 Å². The molecule has 0 saturated carbocycles. The van der Waals surface area contributed by atoms with Gasteiger partial charge in [0.2, 0.25) is 11.8 Å². The summed E-state index contributed by atoms with van der Waals surface area (Å²) in [5.41, 5.74) is 5.21. The average Bonchev–Trinajstić information content (AvgIpc) is 2.18. The van der Waals surface area contributed by atoms with Gasteiger partial charge in [-0.2, -0.15) is 12.6 Å². The Morgan fingerprint density at radius 3 is 2.79 bits per heavy atom. The van der Waals surface area contributed by atoms with E-state index in [2.05, 4.69) is 12.6 Å². The van der Waals surface area contributed by atoms with Gasteiger partial charge < -0.3 is 10.6 Å². The first-order valence-electron chi connectivity index (χ1n) is 4.83. The smallest absolute Gasteiger partial charge is 0.223 e. The van der Waals surface area contributed by atoms with Crippen LogP contribution in [0.2, 0.25) is 0 Å². The molecule has 1 aliphatic heterocycles. The van der Waals surface area contributed by atoms with Gasteiger partial charge in [-0.25, -0.2) is 0 Å². The summed E-state index contributed by atoms with van der Waals surface area (Å²) in [6, 6.07) is 0. The van der Waals surface area contributed by atoms with Gasteiger partial charge >= 0.3 is 0 Å². The van der Waals surface area contributed by atoms with Gasteiger partial charge in [0, 0.05) is 19.5 Å². The topological polar surface area (TPSA) is 63.4 Å². The second-order valence-electron chi connectivity index (χ2n) is 3.55. The SMILES string of the molecule is NC(=O)C1CCCN(C(=O)CCS)C1. The molecule has 80 valence electrons. The number of primary amides is 1. The lowest BCUT2D eigenvalue weighted by Crippen LogP contribution is -2.44. The van der Waals surface area contributed by atoms with Crippen LogP contribution >= 0.6 is 12.6 Å². The van der Waals surface area contributed by atoms with Crippen LogP contribution in [0.4, 0.5) is 0 Å². The van der Waals surface area contributed by atoms with Crippen LogP contribution in [0.15, 0.2) is 0 Å². The molecule has 5 heteroatoms. The van der Waals surface area contributed by atoms with Crippen molar-refractivity contribution < 1.29 is 9.59 Å². The van der Waals surface area contributed by atoms with Crippen LogP contribution in [0.3, 0.4) is 0 Å². The first-order valence-corrected chi connectivity index (χ1v) is 5.46. The molecule has 0 spiro atoms. The number of piperidine rings is 1. The van der Waals surface area contributed by atoms with Crippen molar-refractivity contribution in [2.24, 2.45) is 11.7 Å². The van der Waals surface area contributed by atoms with Crippen molar-refractivity contribution in [1.29, 1.82) is 0 Å². The van der Waals surface area contributed by atoms with E-state index in [1.807, 2.05) is 0 Å². The van der Waals surface area contributed by atoms with E-state index in [-0.39, 0.29) is 17.7 Å². The summed E-state index contributed by atoms with van der Waals surface area (Å²) in [5, 5.41) is 0. The fourth-order valence-corrected chi connectivity index (χ4v) is 1.88. The molecule has 0 aromatic heterocycles. The third-order valence-electron chi connectivity index (χ3n) is 2.50. The molecule has 4 nitrogen and oxygen atoms in total. The summed E-state index contributed by atoms with van der Waals surface area (Å²) >= 11 is 4.00. The molecular weight excluding hydrogens is 200 g/mol. The number of rotatable bonds is 3. The Morgan fingerprint density at radius 1 is 1.50 bits per heavy atom. The van der Waals surface area contributed by atoms with Crippen LogP contribution in [0, 0.1) is 5.92 Å². The summed E-state index contributed by atoms with van der Waals surface area (Å²) < 4.78 is 0. The zero-order valence-corrected chi connectivity index (χ0v) is 9.00. The molecule has 2 N–H and O–H groups in total. The van der Waals surface area contributed by atoms with E-state index in [1.54, 1.807) is 4.90 Å². The molecule has 0 bridgehead atoms. The standard InChI is InChI=1S/C9H16N2O2S/c10-9(13)7-2-1-4-11(6-7)8(12)3-5-14/h7,14H,1-6H2,(H2,10,13). The Labute approximate surface area is 89.2 Å². The molecular formula is C9H16N2O2S. The van der Waals surface area contributed by atoms with Gasteiger partial charge in [-0.3, -0.25) is 9.59 Å². The van der Waals surface area contributed by atoms with E-state index in [9.17, 15) is 9.59 Å². The molecule has 1 atom stereocenters. The van der Waals surface area contributed by atoms with Crippen molar-refractivity contribution >= 4 is 24.4 Å². The molecule has 2 amide bonds. The lowest BCUT2D eigenvalue weighted by atomic mass is 9.97. The normalized spacial score (nSPS) is 22.1. The highest BCUT2D eigenvalue weighted by Gasteiger charge is 2.26. The molecule has 1 aliphatic rings. The quantitative estimate of drug-likeness (QED) is 0.654. The Balaban J connectivity index is 2.47. The number of hydrogen-bond acceptors (Lipinski definition) is 3. The lowest BCUT2D eigenvalue weighted by molar-refractivity contribution is -0.134. The number of likely N-dealkylation sites (tertiary alicyclic amines) is 1. The molecule has 1 fully saturated rings. The molecule has 0 aromatic rings. The van der Waals surface area contributed by atoms with Gasteiger partial charge in [0.1, 0.15) is 0 Å². The zero-order chi connectivity index (χ0) is 10.6. The van der Waals surface area contributed by atoms with E-state index >= 15 is 0 Å². The summed E-state index contributed by atoms with van der Waals surface area (Å²) in [7, 11) is 0. The van der Waals surface area contributed by atoms with Crippen LogP contribution in [-0.4, -0.2) is 35.6 Å². The van der Waals surface area contributed by atoms with Crippen LogP contribution in [0.1, 0.15) is 19.3 Å². The molecule has 1 rings (SSSR count). The third-order valence-corrected chi connectivity index (χ3v) is 2.73. The molecule has 0 aliphatic carbocycles. The molecule has 1 heterocycles. The predicted octanol–water partition coefficient (Wildman–Crippen LogP) is 0.0302. The predicted molar refractivity (Wildman–Crippen MR) is 57.0 cm³/mol. The fourth-order valence-electron chi connectivity index (χ4n) is 1.69. The van der Waals surface area contributed by atoms with Crippen molar-refractivity contribution in [1.82, 2.24) is 4.90 Å². The number of hydrogen-bond donors (Lipinski definition) is 2. The van der Waals surface area contributed by atoms with Gasteiger partial charge in [0.05, 0.1) is 5.92 Å². The second kappa shape index (κ2) is 5.24. The summed E-state index contributed by atoms with van der Waals surface area (Å²) in [4.78, 5) is 24.2. The fraction of sp³-hybridized carbons (Fsp3) is 0.778. The van der Waals surface area contributed by atoms with Crippen LogP contribution < -0.4 is 5.73 Å². The Bertz CT molecular complexity index is 233. The second-order valence-corrected chi connectivity index (χ2v) is 4.00. The van der Waals surface area contributed by atoms with Gasteiger partial charge in [0.15, 0.2) is 0 Å². The van der Waals surface area contributed by atoms with Gasteiger partial charge in [-0.05, 0) is 18.6 Å². The number of carbonyl (C=O) groups is 2. The van der Waals surface area contributed by atoms with E-state index in [0.717, 1.165) is 19.4 Å². The van der Waals surface area contributed by atoms with Crippen molar-refractivity contribution in [2.75, 3.05) is 18.8 Å². The monoisotopic (exact) mass is 216 g/mol. The van der Waals surface area contributed by atoms with Crippen molar-refractivity contribution in [3.05, 3.63) is 0 Å². The molecule has 0 radical (unpaired) electrons. The van der Waals surface area contributed by atoms with Crippen LogP contribution in [-0.2, 0) is 9.59 Å². The molecule has 1 unspecified atom stereocenters. The number of carbonyl (C=O) groups excluding carboxylic acids is 2. The lowest BCUT2D eigenvalue weighted by Gasteiger charge is -2.31. The third kappa shape index (κ3) is 2.90. The Kier molecular flexibility index (Phi) is 4.25. The number of nitrogens with two attached hydrogens (primary N) is 1. The molecule has 1 saturated heterocycles. The largest absolute Gasteiger partial charge is 0.369 e. The van der Waals surface area contributed by atoms with E-state index in [1.165, 1.54) is 0 Å². The zero-order valence-electron chi connectivity index (χ0n) is 8.11. The molecule has 14 heavy (non-hydrogen) atoms. The minimum Gasteiger partial charge on any atom is -0.369 e. The van der Waals surface area contributed by atoms with E-state index in [0.29, 0.717) is 18.7 Å². The highest BCUT2D eigenvalue weighted by molar-refractivity contribution is 7.80. The molecule has 0 aromatic carbocycles. The Hall–Kier alpha value is -0.710. The number of amides is 2. The van der Waals surface area contributed by atoms with Gasteiger partial charge in [-0.1, -0.05) is 0 Å². The van der Waals surface area contributed by atoms with Crippen molar-refractivity contribution in [3.8, 4) is 0 Å². The minimum atomic E-state index is -0.298. The summed E-state index contributed by atoms with van der Waals surface area (Å²) in [6.07, 6.45) is 2.11. The maximum Gasteiger partial charge on any atom is 0.223 e. The minimum absolute atomic E-state index is 0.0750.